The number of rotatable bonds is 10. The Labute approximate surface area is 228 Å². The van der Waals surface area contributed by atoms with Gasteiger partial charge in [0, 0.05) is 51.1 Å². The molecule has 3 aromatic rings. The van der Waals surface area contributed by atoms with Gasteiger partial charge in [-0.1, -0.05) is 6.07 Å². The molecule has 2 aliphatic heterocycles. The summed E-state index contributed by atoms with van der Waals surface area (Å²) in [6.07, 6.45) is 4.16. The van der Waals surface area contributed by atoms with Crippen molar-refractivity contribution in [1.82, 2.24) is 19.4 Å². The Hall–Kier alpha value is -3.05. The summed E-state index contributed by atoms with van der Waals surface area (Å²) >= 11 is 0. The summed E-state index contributed by atoms with van der Waals surface area (Å²) in [5.41, 5.74) is 4.36. The van der Waals surface area contributed by atoms with Crippen LogP contribution in [0.4, 0.5) is 0 Å². The van der Waals surface area contributed by atoms with Gasteiger partial charge in [0.1, 0.15) is 18.0 Å². The first-order chi connectivity index (χ1) is 18.8. The van der Waals surface area contributed by atoms with Crippen LogP contribution in [0.5, 0.6) is 0 Å². The van der Waals surface area contributed by atoms with E-state index in [1.54, 1.807) is 18.7 Å². The lowest BCUT2D eigenvalue weighted by atomic mass is 10.1. The van der Waals surface area contributed by atoms with Crippen LogP contribution in [0.25, 0.3) is 22.4 Å². The number of ether oxygens (including phenoxy) is 4. The summed E-state index contributed by atoms with van der Waals surface area (Å²) in [7, 11) is 3.35. The average molecular weight is 539 g/mol. The zero-order valence-corrected chi connectivity index (χ0v) is 23.1. The highest BCUT2D eigenvalue weighted by Crippen LogP contribution is 2.28. The lowest BCUT2D eigenvalue weighted by Crippen LogP contribution is -2.47. The molecule has 0 bridgehead atoms. The van der Waals surface area contributed by atoms with Gasteiger partial charge in [-0.05, 0) is 50.5 Å². The van der Waals surface area contributed by atoms with Crippen molar-refractivity contribution >= 4 is 17.0 Å². The van der Waals surface area contributed by atoms with Crippen LogP contribution in [0.2, 0.25) is 0 Å². The van der Waals surface area contributed by atoms with E-state index in [2.05, 4.69) is 16.0 Å². The van der Waals surface area contributed by atoms with Gasteiger partial charge in [0.05, 0.1) is 43.0 Å². The van der Waals surface area contributed by atoms with E-state index in [1.165, 1.54) is 0 Å². The Morgan fingerprint density at radius 2 is 2.10 bits per heavy atom. The molecule has 39 heavy (non-hydrogen) atoms. The molecule has 2 fully saturated rings. The normalized spacial score (nSPS) is 20.9. The molecule has 0 saturated carbocycles. The molecule has 4 atom stereocenters. The van der Waals surface area contributed by atoms with Gasteiger partial charge in [0.15, 0.2) is 0 Å². The molecule has 210 valence electrons. The van der Waals surface area contributed by atoms with E-state index in [0.29, 0.717) is 38.3 Å². The van der Waals surface area contributed by atoms with Gasteiger partial charge in [0.25, 0.3) is 5.56 Å². The lowest BCUT2D eigenvalue weighted by Gasteiger charge is -2.24. The molecule has 0 spiro atoms. The predicted octanol–water partition coefficient (Wildman–Crippen LogP) is 2.71. The first kappa shape index (κ1) is 27.5. The third-order valence-corrected chi connectivity index (χ3v) is 7.64. The number of nitrogens with zero attached hydrogens (tertiary/aromatic N) is 3. The summed E-state index contributed by atoms with van der Waals surface area (Å²) in [6.45, 7) is 6.62. The van der Waals surface area contributed by atoms with E-state index in [0.717, 1.165) is 47.4 Å². The highest BCUT2D eigenvalue weighted by atomic mass is 16.6. The molecule has 2 aromatic heterocycles. The Balaban J connectivity index is 1.42. The zero-order valence-electron chi connectivity index (χ0n) is 23.1. The van der Waals surface area contributed by atoms with E-state index in [4.69, 9.17) is 23.9 Å². The van der Waals surface area contributed by atoms with Crippen molar-refractivity contribution in [3.63, 3.8) is 0 Å². The maximum Gasteiger partial charge on any atom is 0.326 e. The number of aromatic nitrogens is 3. The fourth-order valence-corrected chi connectivity index (χ4v) is 5.33. The molecule has 10 heteroatoms. The summed E-state index contributed by atoms with van der Waals surface area (Å²) in [5.74, 6) is 0.465. The molecular formula is C29H38N4O6. The zero-order chi connectivity index (χ0) is 27.5. The fraction of sp³-hybridized carbons (Fsp3) is 0.552. The van der Waals surface area contributed by atoms with Gasteiger partial charge in [-0.25, -0.2) is 4.98 Å². The van der Waals surface area contributed by atoms with Crippen molar-refractivity contribution in [3.8, 4) is 11.4 Å². The highest BCUT2D eigenvalue weighted by molar-refractivity contribution is 5.81. The van der Waals surface area contributed by atoms with E-state index in [-0.39, 0.29) is 29.8 Å². The molecular weight excluding hydrogens is 500 g/mol. The van der Waals surface area contributed by atoms with Crippen molar-refractivity contribution in [2.75, 3.05) is 26.9 Å². The van der Waals surface area contributed by atoms with Gasteiger partial charge in [0.2, 0.25) is 0 Å². The van der Waals surface area contributed by atoms with Crippen molar-refractivity contribution in [2.24, 2.45) is 7.05 Å². The molecule has 0 unspecified atom stereocenters. The second-order valence-electron chi connectivity index (χ2n) is 10.6. The Morgan fingerprint density at radius 3 is 2.79 bits per heavy atom. The predicted molar refractivity (Wildman–Crippen MR) is 147 cm³/mol. The number of carbonyl (C=O) groups excluding carboxylic acids is 1. The maximum atomic E-state index is 12.9. The summed E-state index contributed by atoms with van der Waals surface area (Å²) < 4.78 is 26.2. The van der Waals surface area contributed by atoms with Crippen LogP contribution in [-0.2, 0) is 43.9 Å². The third-order valence-electron chi connectivity index (χ3n) is 7.64. The van der Waals surface area contributed by atoms with E-state index in [1.807, 2.05) is 38.2 Å². The maximum absolute atomic E-state index is 12.9. The minimum Gasteiger partial charge on any atom is -0.459 e. The summed E-state index contributed by atoms with van der Waals surface area (Å²) in [4.78, 5) is 30.3. The smallest absolute Gasteiger partial charge is 0.326 e. The number of methoxy groups -OCH3 is 1. The largest absolute Gasteiger partial charge is 0.459 e. The minimum absolute atomic E-state index is 0.0206. The number of esters is 1. The molecule has 0 aliphatic carbocycles. The van der Waals surface area contributed by atoms with E-state index < -0.39 is 6.04 Å². The summed E-state index contributed by atoms with van der Waals surface area (Å²) in [5, 5.41) is 3.33. The van der Waals surface area contributed by atoms with Gasteiger partial charge in [-0.3, -0.25) is 14.9 Å². The molecule has 2 saturated heterocycles. The first-order valence-electron chi connectivity index (χ1n) is 13.7. The van der Waals surface area contributed by atoms with Gasteiger partial charge in [-0.15, -0.1) is 0 Å². The molecule has 5 rings (SSSR count). The lowest BCUT2D eigenvalue weighted by molar-refractivity contribution is -0.155. The number of hydrogen-bond acceptors (Lipinski definition) is 8. The van der Waals surface area contributed by atoms with Crippen LogP contribution >= 0.6 is 0 Å². The topological polar surface area (TPSA) is 106 Å². The molecule has 0 radical (unpaired) electrons. The van der Waals surface area contributed by atoms with Crippen LogP contribution in [0, 0.1) is 6.92 Å². The van der Waals surface area contributed by atoms with Gasteiger partial charge < -0.3 is 28.1 Å². The number of pyridine rings is 1. The molecule has 10 nitrogen and oxygen atoms in total. The Morgan fingerprint density at radius 1 is 1.26 bits per heavy atom. The fourth-order valence-electron chi connectivity index (χ4n) is 5.33. The van der Waals surface area contributed by atoms with Crippen molar-refractivity contribution < 1.29 is 23.7 Å². The van der Waals surface area contributed by atoms with Crippen LogP contribution in [0.15, 0.2) is 35.3 Å². The van der Waals surface area contributed by atoms with E-state index in [9.17, 15) is 9.59 Å². The van der Waals surface area contributed by atoms with Gasteiger partial charge in [-0.2, -0.15) is 0 Å². The Bertz CT molecular complexity index is 1340. The number of hydrogen-bond donors (Lipinski definition) is 1. The number of aryl methyl sites for hydroxylation is 2. The molecule has 2 aliphatic rings. The monoisotopic (exact) mass is 538 g/mol. The highest BCUT2D eigenvalue weighted by Gasteiger charge is 2.30. The summed E-state index contributed by atoms with van der Waals surface area (Å²) in [6, 6.07) is 7.43. The number of benzene rings is 1. The second kappa shape index (κ2) is 12.0. The number of nitrogens with one attached hydrogen (secondary N) is 1. The molecule has 0 amide bonds. The molecule has 1 N–H and O–H groups in total. The molecule has 4 heterocycles. The van der Waals surface area contributed by atoms with E-state index >= 15 is 0 Å². The second-order valence-corrected chi connectivity index (χ2v) is 10.6. The van der Waals surface area contributed by atoms with Crippen LogP contribution in [0.3, 0.4) is 0 Å². The Kier molecular flexibility index (Phi) is 8.46. The number of imidazole rings is 1. The SMILES string of the molecule is CO[C@@H](C)[C@H](NCc1ccc2c(c1)nc(-c1cc(C)c(=O)n(C)c1)n2C[C@@H]1CCCO1)C(=O)O[C@@H]1CCOC1. The van der Waals surface area contributed by atoms with Crippen molar-refractivity contribution in [1.29, 1.82) is 0 Å². The third kappa shape index (κ3) is 6.09. The van der Waals surface area contributed by atoms with Gasteiger partial charge >= 0.3 is 5.97 Å². The average Bonchev–Trinajstić information content (AvgIpc) is 3.69. The number of fused-ring (bicyclic) bond motifs is 1. The standard InChI is InChI=1S/C29H38N4O6/c1-18-12-21(15-32(3)28(18)34)27-31-24-13-20(7-8-25(24)33(27)16-22-6-5-10-38-22)14-30-26(19(2)36-4)29(35)39-23-9-11-37-17-23/h7-8,12-13,15,19,22-23,26,30H,5-6,9-11,14,16-17H2,1-4H3/t19-,22-,23+,26-/m0/s1. The quantitative estimate of drug-likeness (QED) is 0.393. The van der Waals surface area contributed by atoms with Crippen LogP contribution < -0.4 is 10.9 Å². The molecule has 1 aromatic carbocycles. The van der Waals surface area contributed by atoms with Crippen molar-refractivity contribution in [2.45, 2.75) is 70.6 Å². The van der Waals surface area contributed by atoms with Crippen LogP contribution in [-0.4, -0.2) is 71.4 Å². The number of carbonyl (C=O) groups is 1. The van der Waals surface area contributed by atoms with Crippen LogP contribution in [0.1, 0.15) is 37.3 Å². The van der Waals surface area contributed by atoms with Crippen molar-refractivity contribution in [3.05, 3.63) is 51.9 Å². The first-order valence-corrected chi connectivity index (χ1v) is 13.7. The minimum atomic E-state index is -0.618.